The van der Waals surface area contributed by atoms with Crippen LogP contribution < -0.4 is 15.0 Å². The van der Waals surface area contributed by atoms with Gasteiger partial charge in [-0.15, -0.1) is 0 Å². The summed E-state index contributed by atoms with van der Waals surface area (Å²) in [7, 11) is -3.90. The molecule has 0 saturated heterocycles. The maximum atomic E-state index is 12.9. The Morgan fingerprint density at radius 2 is 1.93 bits per heavy atom. The van der Waals surface area contributed by atoms with E-state index in [2.05, 4.69) is 9.82 Å². The highest BCUT2D eigenvalue weighted by Crippen LogP contribution is 2.27. The zero-order valence-corrected chi connectivity index (χ0v) is 16.3. The number of ether oxygens (including phenoxy) is 1. The molecule has 8 nitrogen and oxygen atoms in total. The molecule has 0 radical (unpaired) electrons. The quantitative estimate of drug-likeness (QED) is 0.668. The number of hydrogen-bond acceptors (Lipinski definition) is 5. The van der Waals surface area contributed by atoms with Crippen LogP contribution in [-0.4, -0.2) is 29.2 Å². The monoisotopic (exact) mass is 390 g/mol. The van der Waals surface area contributed by atoms with E-state index in [1.54, 1.807) is 24.3 Å². The van der Waals surface area contributed by atoms with Gasteiger partial charge in [-0.25, -0.2) is 13.1 Å². The molecule has 0 saturated carbocycles. The summed E-state index contributed by atoms with van der Waals surface area (Å²) in [4.78, 5) is 12.5. The average Bonchev–Trinajstić information content (AvgIpc) is 3.11. The van der Waals surface area contributed by atoms with Crippen LogP contribution in [0, 0.1) is 0 Å². The van der Waals surface area contributed by atoms with Gasteiger partial charge in [0.15, 0.2) is 0 Å². The minimum atomic E-state index is -3.90. The predicted molar refractivity (Wildman–Crippen MR) is 103 cm³/mol. The molecule has 9 heteroatoms. The molecule has 3 aromatic rings. The van der Waals surface area contributed by atoms with E-state index < -0.39 is 10.0 Å². The second-order valence-corrected chi connectivity index (χ2v) is 7.54. The Labute approximate surface area is 157 Å². The third-order valence-corrected chi connectivity index (χ3v) is 5.45. The molecule has 3 rings (SSSR count). The number of anilines is 1. The van der Waals surface area contributed by atoms with Crippen molar-refractivity contribution in [1.82, 2.24) is 14.2 Å². The first-order valence-corrected chi connectivity index (χ1v) is 10.3. The van der Waals surface area contributed by atoms with Crippen LogP contribution in [0.2, 0.25) is 0 Å². The first-order chi connectivity index (χ1) is 12.9. The molecule has 0 aliphatic heterocycles. The average molecular weight is 390 g/mol. The Balaban J connectivity index is 2.09. The molecule has 0 aliphatic carbocycles. The van der Waals surface area contributed by atoms with E-state index in [9.17, 15) is 13.2 Å². The van der Waals surface area contributed by atoms with Gasteiger partial charge in [0.25, 0.3) is 15.6 Å². The van der Waals surface area contributed by atoms with Crippen LogP contribution >= 0.6 is 0 Å². The molecular formula is C18H22N4O4S. The van der Waals surface area contributed by atoms with Gasteiger partial charge in [0, 0.05) is 19.2 Å². The first-order valence-electron chi connectivity index (χ1n) is 8.78. The first kappa shape index (κ1) is 19.0. The Morgan fingerprint density at radius 3 is 2.59 bits per heavy atom. The molecule has 0 atom stereocenters. The normalized spacial score (nSPS) is 11.7. The van der Waals surface area contributed by atoms with Crippen molar-refractivity contribution < 1.29 is 13.2 Å². The van der Waals surface area contributed by atoms with E-state index in [4.69, 9.17) is 4.74 Å². The van der Waals surface area contributed by atoms with E-state index in [1.807, 2.05) is 20.8 Å². The summed E-state index contributed by atoms with van der Waals surface area (Å²) in [5.41, 5.74) is 0.294. The van der Waals surface area contributed by atoms with Crippen LogP contribution in [0.1, 0.15) is 26.6 Å². The zero-order chi connectivity index (χ0) is 19.6. The van der Waals surface area contributed by atoms with Gasteiger partial charge >= 0.3 is 0 Å². The fourth-order valence-corrected chi connectivity index (χ4v) is 3.91. The van der Waals surface area contributed by atoms with Crippen molar-refractivity contribution in [3.8, 4) is 5.75 Å². The molecule has 2 heterocycles. The van der Waals surface area contributed by atoms with E-state index in [0.29, 0.717) is 36.8 Å². The van der Waals surface area contributed by atoms with E-state index in [0.717, 1.165) is 0 Å². The Morgan fingerprint density at radius 1 is 1.19 bits per heavy atom. The Hall–Kier alpha value is -2.81. The molecule has 0 bridgehead atoms. The number of aryl methyl sites for hydroxylation is 2. The van der Waals surface area contributed by atoms with Crippen molar-refractivity contribution in [3.05, 3.63) is 52.7 Å². The summed E-state index contributed by atoms with van der Waals surface area (Å²) in [6, 6.07) is 8.18. The largest absolute Gasteiger partial charge is 0.492 e. The van der Waals surface area contributed by atoms with Crippen LogP contribution in [0.3, 0.4) is 0 Å². The number of aromatic nitrogens is 3. The SMILES string of the molecule is CCOc1ccccc1NS(=O)(=O)c1cc2c(=O)n(CC)nc(CC)n2c1. The Kier molecular flexibility index (Phi) is 5.22. The van der Waals surface area contributed by atoms with Gasteiger partial charge in [-0.1, -0.05) is 19.1 Å². The van der Waals surface area contributed by atoms with Crippen molar-refractivity contribution in [2.45, 2.75) is 38.6 Å². The van der Waals surface area contributed by atoms with Crippen molar-refractivity contribution in [2.75, 3.05) is 11.3 Å². The molecule has 144 valence electrons. The van der Waals surface area contributed by atoms with Crippen molar-refractivity contribution in [1.29, 1.82) is 0 Å². The second-order valence-electron chi connectivity index (χ2n) is 5.86. The topological polar surface area (TPSA) is 94.7 Å². The smallest absolute Gasteiger partial charge is 0.291 e. The van der Waals surface area contributed by atoms with Gasteiger partial charge in [0.1, 0.15) is 22.0 Å². The lowest BCUT2D eigenvalue weighted by Crippen LogP contribution is -2.26. The van der Waals surface area contributed by atoms with Crippen LogP contribution in [0.4, 0.5) is 5.69 Å². The third kappa shape index (κ3) is 3.55. The molecule has 0 unspecified atom stereocenters. The number of benzene rings is 1. The van der Waals surface area contributed by atoms with Crippen LogP contribution in [0.25, 0.3) is 5.52 Å². The number of fused-ring (bicyclic) bond motifs is 1. The zero-order valence-electron chi connectivity index (χ0n) is 15.5. The fourth-order valence-electron chi connectivity index (χ4n) is 2.82. The number of sulfonamides is 1. The van der Waals surface area contributed by atoms with Gasteiger partial charge in [-0.2, -0.15) is 5.10 Å². The maximum absolute atomic E-state index is 12.9. The summed E-state index contributed by atoms with van der Waals surface area (Å²) in [5, 5.41) is 4.29. The summed E-state index contributed by atoms with van der Waals surface area (Å²) < 4.78 is 36.6. The predicted octanol–water partition coefficient (Wildman–Crippen LogP) is 2.28. The highest BCUT2D eigenvalue weighted by Gasteiger charge is 2.21. The maximum Gasteiger partial charge on any atom is 0.291 e. The summed E-state index contributed by atoms with van der Waals surface area (Å²) >= 11 is 0. The van der Waals surface area contributed by atoms with Crippen LogP contribution in [-0.2, 0) is 23.0 Å². The molecule has 0 fully saturated rings. The third-order valence-electron chi connectivity index (χ3n) is 4.12. The number of rotatable bonds is 7. The minimum absolute atomic E-state index is 0.00347. The van der Waals surface area contributed by atoms with Gasteiger partial charge in [-0.05, 0) is 32.0 Å². The van der Waals surface area contributed by atoms with Crippen molar-refractivity contribution >= 4 is 21.2 Å². The number of hydrogen-bond donors (Lipinski definition) is 1. The van der Waals surface area contributed by atoms with E-state index in [1.165, 1.54) is 21.3 Å². The Bertz CT molecular complexity index is 1130. The molecule has 0 aliphatic rings. The van der Waals surface area contributed by atoms with Gasteiger partial charge in [0.05, 0.1) is 12.3 Å². The lowest BCUT2D eigenvalue weighted by Gasteiger charge is -2.11. The molecule has 1 aromatic carbocycles. The van der Waals surface area contributed by atoms with Crippen molar-refractivity contribution in [2.24, 2.45) is 0 Å². The summed E-state index contributed by atoms with van der Waals surface area (Å²) in [6.07, 6.45) is 1.99. The summed E-state index contributed by atoms with van der Waals surface area (Å²) in [6.45, 7) is 6.37. The molecule has 0 amide bonds. The lowest BCUT2D eigenvalue weighted by molar-refractivity contribution is 0.342. The van der Waals surface area contributed by atoms with E-state index in [-0.39, 0.29) is 16.0 Å². The molecular weight excluding hydrogens is 368 g/mol. The molecule has 0 spiro atoms. The molecule has 1 N–H and O–H groups in total. The molecule has 27 heavy (non-hydrogen) atoms. The number of nitrogens with one attached hydrogen (secondary N) is 1. The van der Waals surface area contributed by atoms with Crippen LogP contribution in [0.5, 0.6) is 5.75 Å². The van der Waals surface area contributed by atoms with E-state index >= 15 is 0 Å². The molecule has 2 aromatic heterocycles. The number of para-hydroxylation sites is 2. The van der Waals surface area contributed by atoms with Gasteiger partial charge < -0.3 is 4.74 Å². The highest BCUT2D eigenvalue weighted by molar-refractivity contribution is 7.92. The summed E-state index contributed by atoms with van der Waals surface area (Å²) in [5.74, 6) is 1.05. The van der Waals surface area contributed by atoms with Crippen LogP contribution in [0.15, 0.2) is 46.2 Å². The second kappa shape index (κ2) is 7.43. The van der Waals surface area contributed by atoms with Gasteiger partial charge in [0.2, 0.25) is 0 Å². The lowest BCUT2D eigenvalue weighted by atomic mass is 10.3. The fraction of sp³-hybridized carbons (Fsp3) is 0.333. The highest BCUT2D eigenvalue weighted by atomic mass is 32.2. The minimum Gasteiger partial charge on any atom is -0.492 e. The standard InChI is InChI=1S/C18H22N4O4S/c1-4-17-19-22(5-2)18(23)15-11-13(12-21(15)17)27(24,25)20-14-9-7-8-10-16(14)26-6-3/h7-12,20H,4-6H2,1-3H3. The van der Waals surface area contributed by atoms with Gasteiger partial charge in [-0.3, -0.25) is 13.9 Å². The van der Waals surface area contributed by atoms with Crippen molar-refractivity contribution in [3.63, 3.8) is 0 Å². The number of nitrogens with zero attached hydrogens (tertiary/aromatic N) is 3.